The fraction of sp³-hybridized carbons (Fsp3) is 0.983. The second kappa shape index (κ2) is 43.7. The van der Waals surface area contributed by atoms with Gasteiger partial charge in [-0.3, -0.25) is 4.79 Å². The average molecular weight is 968 g/mol. The van der Waals surface area contributed by atoms with Crippen molar-refractivity contribution in [2.24, 2.45) is 0 Å². The Morgan fingerprint density at radius 1 is 0.559 bits per heavy atom. The summed E-state index contributed by atoms with van der Waals surface area (Å²) in [6.07, 6.45) is 47.3. The molecule has 4 N–H and O–H groups in total. The summed E-state index contributed by atoms with van der Waals surface area (Å²) in [4.78, 5) is 14.8. The molecule has 68 heavy (non-hydrogen) atoms. The van der Waals surface area contributed by atoms with Crippen LogP contribution in [0, 0.1) is 0 Å². The van der Waals surface area contributed by atoms with Crippen LogP contribution in [-0.2, 0) is 23.7 Å². The van der Waals surface area contributed by atoms with Gasteiger partial charge < -0.3 is 44.5 Å². The standard InChI is InChI=1S/C58H114N2O8/c1-5-7-9-11-13-15-17-19-21-22-24-26-28-30-32-34-38-45-58(44-37-33-31-29-27-25-23-20-18-16-14-12-10-8-6-2)66-50-52(68-58)43-48-60(4)47-40-35-39-46-59-53(61)42-36-41-49-65-57-56(64)55(63)54(62)51(3)67-57/h51-52,54-57,62-64H,5-50H2,1-4H3,(H,59,61)/t51-,52?,54+,55+,56-,57+,58?/m0/s1. The SMILES string of the molecule is CCCCCCCCCCCCCCCCCCCC1(CCCCCCCCCCCCCCCCC)OCC(CCN(C)CCCCCNC(=O)CCCCO[C@@H]2O[C@@H](C)[C@@H](O)[C@@H](O)[C@@H]2O)O1. The van der Waals surface area contributed by atoms with Gasteiger partial charge in [0, 0.05) is 39.0 Å². The summed E-state index contributed by atoms with van der Waals surface area (Å²) >= 11 is 0. The van der Waals surface area contributed by atoms with Crippen LogP contribution in [0.4, 0.5) is 0 Å². The first-order valence-electron chi connectivity index (χ1n) is 29.8. The number of nitrogens with one attached hydrogen (secondary N) is 1. The van der Waals surface area contributed by atoms with Crippen LogP contribution in [0.3, 0.4) is 0 Å². The first-order valence-corrected chi connectivity index (χ1v) is 29.8. The smallest absolute Gasteiger partial charge is 0.219 e. The van der Waals surface area contributed by atoms with Gasteiger partial charge in [0.1, 0.15) is 18.3 Å². The molecule has 404 valence electrons. The number of hydrogen-bond donors (Lipinski definition) is 4. The highest BCUT2D eigenvalue weighted by atomic mass is 16.7. The first kappa shape index (κ1) is 63.3. The predicted molar refractivity (Wildman–Crippen MR) is 283 cm³/mol. The molecule has 2 aliphatic heterocycles. The maximum Gasteiger partial charge on any atom is 0.219 e. The molecule has 0 radical (unpaired) electrons. The van der Waals surface area contributed by atoms with E-state index in [1.165, 1.54) is 205 Å². The van der Waals surface area contributed by atoms with Crippen LogP contribution in [-0.4, -0.2) is 109 Å². The van der Waals surface area contributed by atoms with Crippen molar-refractivity contribution in [2.75, 3.05) is 39.9 Å². The monoisotopic (exact) mass is 967 g/mol. The van der Waals surface area contributed by atoms with Crippen LogP contribution in [0.25, 0.3) is 0 Å². The Labute approximate surface area is 420 Å². The lowest BCUT2D eigenvalue weighted by atomic mass is 9.98. The number of rotatable bonds is 49. The summed E-state index contributed by atoms with van der Waals surface area (Å²) in [6, 6.07) is 0. The number of hydrogen-bond acceptors (Lipinski definition) is 9. The third kappa shape index (κ3) is 33.0. The molecular weight excluding hydrogens is 853 g/mol. The molecule has 10 nitrogen and oxygen atoms in total. The van der Waals surface area contributed by atoms with Gasteiger partial charge in [0.25, 0.3) is 0 Å². The number of ether oxygens (including phenoxy) is 4. The average Bonchev–Trinajstić information content (AvgIpc) is 3.75. The third-order valence-electron chi connectivity index (χ3n) is 15.0. The molecule has 0 aliphatic carbocycles. The molecule has 2 unspecified atom stereocenters. The highest BCUT2D eigenvalue weighted by molar-refractivity contribution is 5.75. The maximum absolute atomic E-state index is 12.3. The van der Waals surface area contributed by atoms with E-state index < -0.39 is 30.7 Å². The van der Waals surface area contributed by atoms with Gasteiger partial charge in [-0.05, 0) is 65.5 Å². The van der Waals surface area contributed by atoms with E-state index in [9.17, 15) is 20.1 Å². The van der Waals surface area contributed by atoms with E-state index in [0.717, 1.165) is 58.2 Å². The largest absolute Gasteiger partial charge is 0.388 e. The highest BCUT2D eigenvalue weighted by Crippen LogP contribution is 2.36. The van der Waals surface area contributed by atoms with Crippen LogP contribution in [0.5, 0.6) is 0 Å². The van der Waals surface area contributed by atoms with Crippen LogP contribution < -0.4 is 5.32 Å². The van der Waals surface area contributed by atoms with Crippen molar-refractivity contribution in [2.45, 2.75) is 327 Å². The fourth-order valence-corrected chi connectivity index (χ4v) is 10.2. The molecule has 0 saturated carbocycles. The van der Waals surface area contributed by atoms with E-state index in [4.69, 9.17) is 18.9 Å². The van der Waals surface area contributed by atoms with Gasteiger partial charge in [-0.1, -0.05) is 213 Å². The van der Waals surface area contributed by atoms with Crippen LogP contribution in [0.15, 0.2) is 0 Å². The summed E-state index contributed by atoms with van der Waals surface area (Å²) in [6.45, 7) is 10.00. The highest BCUT2D eigenvalue weighted by Gasteiger charge is 2.42. The van der Waals surface area contributed by atoms with Gasteiger partial charge in [-0.25, -0.2) is 0 Å². The number of aliphatic hydroxyl groups is 3. The van der Waals surface area contributed by atoms with Crippen molar-refractivity contribution < 1.29 is 39.1 Å². The Kier molecular flexibility index (Phi) is 40.7. The van der Waals surface area contributed by atoms with E-state index >= 15 is 0 Å². The second-order valence-corrected chi connectivity index (χ2v) is 21.6. The van der Waals surface area contributed by atoms with Crippen molar-refractivity contribution in [1.82, 2.24) is 10.2 Å². The Morgan fingerprint density at radius 3 is 1.47 bits per heavy atom. The minimum absolute atomic E-state index is 0.0442. The molecule has 0 bridgehead atoms. The van der Waals surface area contributed by atoms with Crippen LogP contribution >= 0.6 is 0 Å². The fourth-order valence-electron chi connectivity index (χ4n) is 10.2. The van der Waals surface area contributed by atoms with E-state index in [-0.39, 0.29) is 17.8 Å². The van der Waals surface area contributed by atoms with Crippen molar-refractivity contribution in [3.05, 3.63) is 0 Å². The third-order valence-corrected chi connectivity index (χ3v) is 15.0. The minimum atomic E-state index is -1.30. The lowest BCUT2D eigenvalue weighted by molar-refractivity contribution is -0.293. The van der Waals surface area contributed by atoms with Gasteiger partial charge in [0.15, 0.2) is 12.1 Å². The number of aliphatic hydroxyl groups excluding tert-OH is 3. The van der Waals surface area contributed by atoms with Gasteiger partial charge in [-0.2, -0.15) is 0 Å². The normalized spacial score (nSPS) is 23.0. The van der Waals surface area contributed by atoms with Crippen LogP contribution in [0.2, 0.25) is 0 Å². The summed E-state index contributed by atoms with van der Waals surface area (Å²) in [5.41, 5.74) is 0. The molecule has 2 fully saturated rings. The Morgan fingerprint density at radius 2 is 1.00 bits per heavy atom. The Bertz CT molecular complexity index is 1120. The van der Waals surface area contributed by atoms with E-state index in [0.29, 0.717) is 32.4 Å². The van der Waals surface area contributed by atoms with Crippen molar-refractivity contribution in [3.63, 3.8) is 0 Å². The van der Waals surface area contributed by atoms with Crippen molar-refractivity contribution in [3.8, 4) is 0 Å². The quantitative estimate of drug-likeness (QED) is 0.0440. The lowest BCUT2D eigenvalue weighted by Gasteiger charge is -2.38. The van der Waals surface area contributed by atoms with Gasteiger partial charge in [-0.15, -0.1) is 0 Å². The van der Waals surface area contributed by atoms with Crippen molar-refractivity contribution in [1.29, 1.82) is 0 Å². The minimum Gasteiger partial charge on any atom is -0.388 e. The lowest BCUT2D eigenvalue weighted by Crippen LogP contribution is -2.57. The van der Waals surface area contributed by atoms with E-state index in [1.807, 2.05) is 0 Å². The number of carbonyl (C=O) groups excluding carboxylic acids is 1. The number of nitrogens with zero attached hydrogens (tertiary/aromatic N) is 1. The molecule has 2 rings (SSSR count). The molecule has 0 spiro atoms. The number of carbonyl (C=O) groups is 1. The summed E-state index contributed by atoms with van der Waals surface area (Å²) < 4.78 is 24.6. The van der Waals surface area contributed by atoms with Crippen molar-refractivity contribution >= 4 is 5.91 Å². The number of unbranched alkanes of at least 4 members (excludes halogenated alkanes) is 33. The van der Waals surface area contributed by atoms with E-state index in [2.05, 4.69) is 31.1 Å². The van der Waals surface area contributed by atoms with Gasteiger partial charge >= 0.3 is 0 Å². The van der Waals surface area contributed by atoms with E-state index in [1.54, 1.807) is 6.92 Å². The summed E-state index contributed by atoms with van der Waals surface area (Å²) in [7, 11) is 2.22. The Balaban J connectivity index is 1.57. The topological polar surface area (TPSA) is 130 Å². The van der Waals surface area contributed by atoms with Gasteiger partial charge in [0.2, 0.25) is 5.91 Å². The molecule has 2 saturated heterocycles. The van der Waals surface area contributed by atoms with Crippen LogP contribution in [0.1, 0.15) is 284 Å². The molecule has 2 heterocycles. The van der Waals surface area contributed by atoms with Gasteiger partial charge in [0.05, 0.1) is 18.8 Å². The molecule has 0 aromatic heterocycles. The summed E-state index contributed by atoms with van der Waals surface area (Å²) in [5, 5.41) is 32.9. The first-order chi connectivity index (χ1) is 33.2. The maximum atomic E-state index is 12.3. The molecular formula is C58H114N2O8. The second-order valence-electron chi connectivity index (χ2n) is 21.6. The molecule has 7 atom stereocenters. The zero-order valence-electron chi connectivity index (χ0n) is 45.3. The predicted octanol–water partition coefficient (Wildman–Crippen LogP) is 14.0. The number of amides is 1. The molecule has 0 aromatic carbocycles. The molecule has 10 heteroatoms. The molecule has 2 aliphatic rings. The zero-order chi connectivity index (χ0) is 49.2. The summed E-state index contributed by atoms with van der Waals surface area (Å²) in [5.74, 6) is -0.335. The molecule has 0 aromatic rings. The molecule has 1 amide bonds. The zero-order valence-corrected chi connectivity index (χ0v) is 45.3. The Hall–Kier alpha value is -0.850.